The van der Waals surface area contributed by atoms with E-state index in [4.69, 9.17) is 0 Å². The summed E-state index contributed by atoms with van der Waals surface area (Å²) in [6.45, 7) is 1.30. The monoisotopic (exact) mass is 400 g/mol. The van der Waals surface area contributed by atoms with E-state index < -0.39 is 15.9 Å². The van der Waals surface area contributed by atoms with Crippen molar-refractivity contribution in [1.82, 2.24) is 4.72 Å². The summed E-state index contributed by atoms with van der Waals surface area (Å²) >= 11 is 0. The van der Waals surface area contributed by atoms with Crippen LogP contribution >= 0.6 is 0 Å². The molecule has 0 bridgehead atoms. The number of anilines is 1. The molecule has 0 aromatic heterocycles. The standard InChI is InChI=1S/C19H16N2O6S/c1-12(22)13-4-3-7-16(11-13)28(26,27)20-19(25)14-5-2-6-15(10-14)21-17(23)8-9-18(21)24/h2-7,10-11H,8-9H2,1H3,(H,20,25). The van der Waals surface area contributed by atoms with E-state index in [0.29, 0.717) is 0 Å². The third-order valence-electron chi connectivity index (χ3n) is 4.20. The minimum Gasteiger partial charge on any atom is -0.295 e. The lowest BCUT2D eigenvalue weighted by Gasteiger charge is -2.15. The number of ketones is 1. The Balaban J connectivity index is 1.86. The van der Waals surface area contributed by atoms with E-state index in [1.807, 2.05) is 4.72 Å². The normalized spacial score (nSPS) is 14.2. The number of carbonyl (C=O) groups excluding carboxylic acids is 4. The molecule has 3 rings (SSSR count). The Morgan fingerprint density at radius 3 is 2.18 bits per heavy atom. The van der Waals surface area contributed by atoms with Gasteiger partial charge in [0.2, 0.25) is 11.8 Å². The van der Waals surface area contributed by atoms with Crippen LogP contribution in [0.25, 0.3) is 0 Å². The van der Waals surface area contributed by atoms with Crippen LogP contribution in [0, 0.1) is 0 Å². The third-order valence-corrected chi connectivity index (χ3v) is 5.52. The first-order chi connectivity index (χ1) is 13.2. The van der Waals surface area contributed by atoms with E-state index in [2.05, 4.69) is 0 Å². The van der Waals surface area contributed by atoms with Crippen LogP contribution in [0.15, 0.2) is 53.4 Å². The number of rotatable bonds is 5. The van der Waals surface area contributed by atoms with E-state index in [9.17, 15) is 27.6 Å². The molecule has 0 atom stereocenters. The molecule has 0 radical (unpaired) electrons. The van der Waals surface area contributed by atoms with E-state index in [1.165, 1.54) is 55.5 Å². The third kappa shape index (κ3) is 3.84. The van der Waals surface area contributed by atoms with Gasteiger partial charge in [0.1, 0.15) is 0 Å². The van der Waals surface area contributed by atoms with Crippen molar-refractivity contribution in [2.24, 2.45) is 0 Å². The molecule has 1 saturated heterocycles. The Bertz CT molecular complexity index is 1090. The van der Waals surface area contributed by atoms with Gasteiger partial charge in [0.15, 0.2) is 5.78 Å². The highest BCUT2D eigenvalue weighted by Gasteiger charge is 2.30. The maximum Gasteiger partial charge on any atom is 0.265 e. The number of benzene rings is 2. The smallest absolute Gasteiger partial charge is 0.265 e. The number of sulfonamides is 1. The van der Waals surface area contributed by atoms with Gasteiger partial charge in [0.05, 0.1) is 10.6 Å². The van der Waals surface area contributed by atoms with Gasteiger partial charge in [-0.1, -0.05) is 18.2 Å². The molecule has 1 fully saturated rings. The van der Waals surface area contributed by atoms with Gasteiger partial charge in [-0.3, -0.25) is 24.1 Å². The zero-order valence-corrected chi connectivity index (χ0v) is 15.7. The number of amides is 3. The first kappa shape index (κ1) is 19.4. The second-order valence-corrected chi connectivity index (χ2v) is 7.87. The fourth-order valence-corrected chi connectivity index (χ4v) is 3.79. The Hall–Kier alpha value is -3.33. The number of hydrogen-bond acceptors (Lipinski definition) is 6. The van der Waals surface area contributed by atoms with Gasteiger partial charge in [-0.2, -0.15) is 0 Å². The van der Waals surface area contributed by atoms with Crippen LogP contribution in [0.1, 0.15) is 40.5 Å². The average molecular weight is 400 g/mol. The second kappa shape index (κ2) is 7.35. The molecule has 1 aliphatic rings. The summed E-state index contributed by atoms with van der Waals surface area (Å²) in [5.74, 6) is -1.99. The number of imide groups is 1. The average Bonchev–Trinajstić information content (AvgIpc) is 3.00. The van der Waals surface area contributed by atoms with E-state index in [0.717, 1.165) is 4.90 Å². The van der Waals surface area contributed by atoms with Crippen molar-refractivity contribution in [1.29, 1.82) is 0 Å². The summed E-state index contributed by atoms with van der Waals surface area (Å²) in [5.41, 5.74) is 0.371. The second-order valence-electron chi connectivity index (χ2n) is 6.19. The highest BCUT2D eigenvalue weighted by atomic mass is 32.2. The Morgan fingerprint density at radius 1 is 0.929 bits per heavy atom. The molecule has 1 N–H and O–H groups in total. The van der Waals surface area contributed by atoms with Crippen molar-refractivity contribution in [3.8, 4) is 0 Å². The molecule has 0 aliphatic carbocycles. The van der Waals surface area contributed by atoms with Gasteiger partial charge in [-0.15, -0.1) is 0 Å². The van der Waals surface area contributed by atoms with Crippen molar-refractivity contribution >= 4 is 39.2 Å². The van der Waals surface area contributed by atoms with Gasteiger partial charge in [0.25, 0.3) is 15.9 Å². The first-order valence-electron chi connectivity index (χ1n) is 8.33. The number of nitrogens with one attached hydrogen (secondary N) is 1. The largest absolute Gasteiger partial charge is 0.295 e. The molecule has 1 aliphatic heterocycles. The summed E-state index contributed by atoms with van der Waals surface area (Å²) < 4.78 is 26.9. The highest BCUT2D eigenvalue weighted by Crippen LogP contribution is 2.23. The zero-order chi connectivity index (χ0) is 20.5. The summed E-state index contributed by atoms with van der Waals surface area (Å²) in [6.07, 6.45) is 0.187. The van der Waals surface area contributed by atoms with Crippen LogP contribution in [-0.2, 0) is 19.6 Å². The molecule has 0 spiro atoms. The summed E-state index contributed by atoms with van der Waals surface area (Å²) in [7, 11) is -4.22. The van der Waals surface area contributed by atoms with Gasteiger partial charge in [-0.25, -0.2) is 13.1 Å². The summed E-state index contributed by atoms with van der Waals surface area (Å²) in [5, 5.41) is 0. The molecule has 3 amide bonds. The molecular weight excluding hydrogens is 384 g/mol. The SMILES string of the molecule is CC(=O)c1cccc(S(=O)(=O)NC(=O)c2cccc(N3C(=O)CCC3=O)c2)c1. The summed E-state index contributed by atoms with van der Waals surface area (Å²) in [4.78, 5) is 48.3. The van der Waals surface area contributed by atoms with E-state index >= 15 is 0 Å². The van der Waals surface area contributed by atoms with Gasteiger partial charge in [-0.05, 0) is 37.3 Å². The van der Waals surface area contributed by atoms with Crippen LogP contribution in [0.4, 0.5) is 5.69 Å². The van der Waals surface area contributed by atoms with Gasteiger partial charge in [0, 0.05) is 24.0 Å². The van der Waals surface area contributed by atoms with Crippen LogP contribution in [0.2, 0.25) is 0 Å². The maximum absolute atomic E-state index is 12.5. The highest BCUT2D eigenvalue weighted by molar-refractivity contribution is 7.90. The van der Waals surface area contributed by atoms with Gasteiger partial charge < -0.3 is 0 Å². The molecular formula is C19H16N2O6S. The Kier molecular flexibility index (Phi) is 5.10. The van der Waals surface area contributed by atoms with Crippen molar-refractivity contribution in [2.45, 2.75) is 24.7 Å². The van der Waals surface area contributed by atoms with Gasteiger partial charge >= 0.3 is 0 Å². The molecule has 28 heavy (non-hydrogen) atoms. The Morgan fingerprint density at radius 2 is 1.54 bits per heavy atom. The molecule has 144 valence electrons. The molecule has 2 aromatic rings. The van der Waals surface area contributed by atoms with Crippen molar-refractivity contribution < 1.29 is 27.6 Å². The molecule has 0 saturated carbocycles. The maximum atomic E-state index is 12.5. The number of hydrogen-bond donors (Lipinski definition) is 1. The lowest BCUT2D eigenvalue weighted by atomic mass is 10.2. The predicted molar refractivity (Wildman–Crippen MR) is 99.3 cm³/mol. The Labute approximate surface area is 161 Å². The van der Waals surface area contributed by atoms with E-state index in [1.54, 1.807) is 0 Å². The lowest BCUT2D eigenvalue weighted by molar-refractivity contribution is -0.121. The van der Waals surface area contributed by atoms with Crippen molar-refractivity contribution in [3.05, 3.63) is 59.7 Å². The quantitative estimate of drug-likeness (QED) is 0.602. The van der Waals surface area contributed by atoms with Crippen LogP contribution < -0.4 is 9.62 Å². The lowest BCUT2D eigenvalue weighted by Crippen LogP contribution is -2.32. The zero-order valence-electron chi connectivity index (χ0n) is 14.8. The fraction of sp³-hybridized carbons (Fsp3) is 0.158. The minimum atomic E-state index is -4.22. The van der Waals surface area contributed by atoms with E-state index in [-0.39, 0.29) is 52.1 Å². The fourth-order valence-electron chi connectivity index (χ4n) is 2.77. The molecule has 1 heterocycles. The number of carbonyl (C=O) groups is 4. The number of Topliss-reactive ketones (excluding diaryl/α,β-unsaturated/α-hetero) is 1. The molecule has 0 unspecified atom stereocenters. The van der Waals surface area contributed by atoms with Crippen LogP contribution in [-0.4, -0.2) is 31.9 Å². The molecule has 9 heteroatoms. The topological polar surface area (TPSA) is 118 Å². The summed E-state index contributed by atoms with van der Waals surface area (Å²) in [6, 6.07) is 10.9. The number of nitrogens with zero attached hydrogens (tertiary/aromatic N) is 1. The van der Waals surface area contributed by atoms with Crippen LogP contribution in [0.5, 0.6) is 0 Å². The first-order valence-corrected chi connectivity index (χ1v) is 9.81. The molecule has 2 aromatic carbocycles. The van der Waals surface area contributed by atoms with Crippen molar-refractivity contribution in [2.75, 3.05) is 4.90 Å². The minimum absolute atomic E-state index is 0.0312. The predicted octanol–water partition coefficient (Wildman–Crippen LogP) is 1.66. The van der Waals surface area contributed by atoms with Crippen LogP contribution in [0.3, 0.4) is 0 Å². The van der Waals surface area contributed by atoms with Crippen molar-refractivity contribution in [3.63, 3.8) is 0 Å². The molecule has 8 nitrogen and oxygen atoms in total.